The van der Waals surface area contributed by atoms with Gasteiger partial charge < -0.3 is 19.2 Å². The molecule has 0 saturated carbocycles. The van der Waals surface area contributed by atoms with Gasteiger partial charge in [0.15, 0.2) is 11.6 Å². The van der Waals surface area contributed by atoms with Crippen molar-refractivity contribution in [3.63, 3.8) is 0 Å². The number of halogens is 1. The number of ketones is 1. The van der Waals surface area contributed by atoms with Gasteiger partial charge in [0.25, 0.3) is 17.4 Å². The molecule has 168 valence electrons. The van der Waals surface area contributed by atoms with Crippen molar-refractivity contribution in [2.24, 2.45) is 0 Å². The number of hydrogen-bond donors (Lipinski definition) is 1. The molecule has 1 aromatic heterocycles. The van der Waals surface area contributed by atoms with Gasteiger partial charge in [-0.25, -0.2) is 4.39 Å². The van der Waals surface area contributed by atoms with Crippen molar-refractivity contribution in [1.82, 2.24) is 4.90 Å². The van der Waals surface area contributed by atoms with Gasteiger partial charge in [-0.1, -0.05) is 0 Å². The Balaban J connectivity index is 1.86. The number of methoxy groups -OCH3 is 1. The summed E-state index contributed by atoms with van der Waals surface area (Å²) in [6.07, 6.45) is 1.41. The summed E-state index contributed by atoms with van der Waals surface area (Å²) in [6.45, 7) is -0.0903. The number of carbonyl (C=O) groups excluding carboxylic acids is 2. The second-order valence-electron chi connectivity index (χ2n) is 7.20. The van der Waals surface area contributed by atoms with Crippen molar-refractivity contribution in [3.05, 3.63) is 99.3 Å². The second kappa shape index (κ2) is 8.58. The van der Waals surface area contributed by atoms with Gasteiger partial charge in [-0.3, -0.25) is 19.7 Å². The van der Waals surface area contributed by atoms with Gasteiger partial charge in [-0.15, -0.1) is 0 Å². The van der Waals surface area contributed by atoms with Crippen LogP contribution in [0.15, 0.2) is 70.9 Å². The average Bonchev–Trinajstić information content (AvgIpc) is 3.41. The molecule has 10 heteroatoms. The summed E-state index contributed by atoms with van der Waals surface area (Å²) in [6, 6.07) is 11.0. The first-order valence-corrected chi connectivity index (χ1v) is 9.71. The summed E-state index contributed by atoms with van der Waals surface area (Å²) in [4.78, 5) is 37.5. The van der Waals surface area contributed by atoms with E-state index < -0.39 is 34.2 Å². The van der Waals surface area contributed by atoms with E-state index in [9.17, 15) is 29.2 Å². The molecule has 4 rings (SSSR count). The quantitative estimate of drug-likeness (QED) is 0.197. The van der Waals surface area contributed by atoms with Crippen LogP contribution in [0, 0.1) is 15.9 Å². The van der Waals surface area contributed by atoms with E-state index in [0.717, 1.165) is 6.07 Å². The average molecular weight is 452 g/mol. The molecule has 0 spiro atoms. The summed E-state index contributed by atoms with van der Waals surface area (Å²) in [5.74, 6) is -2.89. The topological polar surface area (TPSA) is 123 Å². The molecule has 1 unspecified atom stereocenters. The Kier molecular flexibility index (Phi) is 5.65. The van der Waals surface area contributed by atoms with Crippen LogP contribution in [0.1, 0.15) is 22.9 Å². The molecule has 1 atom stereocenters. The first kappa shape index (κ1) is 21.8. The van der Waals surface area contributed by atoms with Gasteiger partial charge in [0.1, 0.15) is 11.5 Å². The van der Waals surface area contributed by atoms with E-state index >= 15 is 0 Å². The minimum absolute atomic E-state index is 0.0313. The molecule has 9 nitrogen and oxygen atoms in total. The number of ether oxygens (including phenoxy) is 1. The molecule has 1 fully saturated rings. The van der Waals surface area contributed by atoms with Crippen molar-refractivity contribution in [3.8, 4) is 5.75 Å². The third kappa shape index (κ3) is 3.93. The molecule has 1 saturated heterocycles. The monoisotopic (exact) mass is 452 g/mol. The zero-order valence-electron chi connectivity index (χ0n) is 17.2. The number of likely N-dealkylation sites (tertiary alicyclic amines) is 1. The van der Waals surface area contributed by atoms with Crippen LogP contribution >= 0.6 is 0 Å². The minimum atomic E-state index is -1.08. The van der Waals surface area contributed by atoms with Crippen LogP contribution in [-0.4, -0.2) is 33.7 Å². The number of Topliss-reactive ketones (excluding diaryl/α,β-unsaturated/α-hetero) is 1. The van der Waals surface area contributed by atoms with E-state index in [2.05, 4.69) is 0 Å². The summed E-state index contributed by atoms with van der Waals surface area (Å²) < 4.78 is 24.4. The van der Waals surface area contributed by atoms with Crippen molar-refractivity contribution in [2.75, 3.05) is 7.11 Å². The Morgan fingerprint density at radius 2 is 1.94 bits per heavy atom. The molecule has 1 N–H and O–H groups in total. The highest BCUT2D eigenvalue weighted by Crippen LogP contribution is 2.41. The van der Waals surface area contributed by atoms with E-state index in [-0.39, 0.29) is 29.1 Å². The predicted molar refractivity (Wildman–Crippen MR) is 113 cm³/mol. The molecule has 2 aromatic carbocycles. The molecule has 33 heavy (non-hydrogen) atoms. The number of rotatable bonds is 6. The summed E-state index contributed by atoms with van der Waals surface area (Å²) in [7, 11) is 1.28. The van der Waals surface area contributed by atoms with Crippen LogP contribution in [0.5, 0.6) is 5.75 Å². The number of furan rings is 1. The Hall–Kier alpha value is -4.47. The van der Waals surface area contributed by atoms with Crippen molar-refractivity contribution in [2.45, 2.75) is 12.6 Å². The number of benzene rings is 2. The SMILES string of the molecule is COc1ccc(/C(O)=C2\C(=O)C(=O)N(Cc3ccco3)C2c2ccc([N+](=O)[O-])cc2)cc1F. The molecule has 0 bridgehead atoms. The Morgan fingerprint density at radius 1 is 1.21 bits per heavy atom. The minimum Gasteiger partial charge on any atom is -0.507 e. The maximum Gasteiger partial charge on any atom is 0.296 e. The van der Waals surface area contributed by atoms with Gasteiger partial charge in [0.05, 0.1) is 36.5 Å². The van der Waals surface area contributed by atoms with E-state index in [1.165, 1.54) is 54.7 Å². The molecular weight excluding hydrogens is 435 g/mol. The van der Waals surface area contributed by atoms with Crippen LogP contribution < -0.4 is 4.74 Å². The number of nitrogens with zero attached hydrogens (tertiary/aromatic N) is 2. The zero-order valence-corrected chi connectivity index (χ0v) is 17.2. The number of aliphatic hydroxyl groups is 1. The summed E-state index contributed by atoms with van der Waals surface area (Å²) in [5.41, 5.74) is -0.137. The lowest BCUT2D eigenvalue weighted by Crippen LogP contribution is -2.29. The first-order chi connectivity index (χ1) is 15.8. The molecule has 1 aliphatic heterocycles. The van der Waals surface area contributed by atoms with Gasteiger partial charge in [-0.05, 0) is 48.0 Å². The highest BCUT2D eigenvalue weighted by atomic mass is 19.1. The van der Waals surface area contributed by atoms with Gasteiger partial charge >= 0.3 is 0 Å². The van der Waals surface area contributed by atoms with E-state index in [0.29, 0.717) is 11.3 Å². The normalized spacial score (nSPS) is 17.4. The number of carbonyl (C=O) groups is 2. The van der Waals surface area contributed by atoms with Crippen LogP contribution in [0.2, 0.25) is 0 Å². The number of amides is 1. The lowest BCUT2D eigenvalue weighted by molar-refractivity contribution is -0.384. The maximum absolute atomic E-state index is 14.2. The largest absolute Gasteiger partial charge is 0.507 e. The highest BCUT2D eigenvalue weighted by molar-refractivity contribution is 6.46. The number of nitro benzene ring substituents is 1. The van der Waals surface area contributed by atoms with E-state index in [1.54, 1.807) is 12.1 Å². The van der Waals surface area contributed by atoms with Crippen molar-refractivity contribution < 1.29 is 33.2 Å². The van der Waals surface area contributed by atoms with Gasteiger partial charge in [0.2, 0.25) is 0 Å². The van der Waals surface area contributed by atoms with Crippen molar-refractivity contribution in [1.29, 1.82) is 0 Å². The van der Waals surface area contributed by atoms with E-state index in [4.69, 9.17) is 9.15 Å². The Bertz CT molecular complexity index is 1270. The van der Waals surface area contributed by atoms with Crippen LogP contribution in [0.3, 0.4) is 0 Å². The van der Waals surface area contributed by atoms with Crippen molar-refractivity contribution >= 4 is 23.1 Å². The van der Waals surface area contributed by atoms with Gasteiger partial charge in [0, 0.05) is 17.7 Å². The van der Waals surface area contributed by atoms with Crippen LogP contribution in [-0.2, 0) is 16.1 Å². The maximum atomic E-state index is 14.2. The Labute approximate surface area is 186 Å². The molecule has 1 amide bonds. The molecule has 1 aliphatic rings. The fourth-order valence-corrected chi connectivity index (χ4v) is 3.71. The fourth-order valence-electron chi connectivity index (χ4n) is 3.71. The molecule has 3 aromatic rings. The summed E-state index contributed by atoms with van der Waals surface area (Å²) in [5, 5.41) is 22.0. The number of aliphatic hydroxyl groups excluding tert-OH is 1. The third-order valence-electron chi connectivity index (χ3n) is 5.29. The standard InChI is InChI=1S/C23H17FN2O7/c1-32-18-9-6-14(11-17(18)24)21(27)19-20(13-4-7-15(8-5-13)26(30)31)25(23(29)22(19)28)12-16-3-2-10-33-16/h2-11,20,27H,12H2,1H3/b21-19+. The summed E-state index contributed by atoms with van der Waals surface area (Å²) >= 11 is 0. The first-order valence-electron chi connectivity index (χ1n) is 9.71. The van der Waals surface area contributed by atoms with Crippen LogP contribution in [0.25, 0.3) is 5.76 Å². The highest BCUT2D eigenvalue weighted by Gasteiger charge is 2.46. The van der Waals surface area contributed by atoms with Crippen LogP contribution in [0.4, 0.5) is 10.1 Å². The third-order valence-corrected chi connectivity index (χ3v) is 5.29. The molecule has 0 aliphatic carbocycles. The van der Waals surface area contributed by atoms with Gasteiger partial charge in [-0.2, -0.15) is 0 Å². The lowest BCUT2D eigenvalue weighted by atomic mass is 9.95. The Morgan fingerprint density at radius 3 is 2.52 bits per heavy atom. The zero-order chi connectivity index (χ0) is 23.7. The number of non-ortho nitro benzene ring substituents is 1. The number of nitro groups is 1. The number of hydrogen-bond acceptors (Lipinski definition) is 7. The lowest BCUT2D eigenvalue weighted by Gasteiger charge is -2.24. The molecular formula is C23H17FN2O7. The molecule has 2 heterocycles. The fraction of sp³-hybridized carbons (Fsp3) is 0.130. The predicted octanol–water partition coefficient (Wildman–Crippen LogP) is 3.96. The van der Waals surface area contributed by atoms with E-state index in [1.807, 2.05) is 0 Å². The smallest absolute Gasteiger partial charge is 0.296 e. The second-order valence-corrected chi connectivity index (χ2v) is 7.20. The molecule has 0 radical (unpaired) electrons.